The van der Waals surface area contributed by atoms with Crippen LogP contribution in [0.5, 0.6) is 0 Å². The predicted octanol–water partition coefficient (Wildman–Crippen LogP) is 1.84. The van der Waals surface area contributed by atoms with Crippen molar-refractivity contribution in [2.24, 2.45) is 0 Å². The Bertz CT molecular complexity index is 685. The zero-order chi connectivity index (χ0) is 17.1. The maximum absolute atomic E-state index is 12.3. The van der Waals surface area contributed by atoms with Crippen molar-refractivity contribution < 1.29 is 14.3 Å². The Hall–Kier alpha value is -2.31. The molecule has 1 unspecified atom stereocenters. The SMILES string of the molecule is CN(C)C(CNC(=O)N[C@H]1c2ccccc2C[C@H]1O)c1ccco1. The van der Waals surface area contributed by atoms with E-state index < -0.39 is 6.10 Å². The molecule has 1 aromatic heterocycles. The first-order valence-corrected chi connectivity index (χ1v) is 8.06. The first kappa shape index (κ1) is 16.5. The molecule has 0 radical (unpaired) electrons. The van der Waals surface area contributed by atoms with Gasteiger partial charge in [0.25, 0.3) is 0 Å². The standard InChI is InChI=1S/C18H23N3O3/c1-21(2)14(16-8-5-9-24-16)11-19-18(23)20-17-13-7-4-3-6-12(13)10-15(17)22/h3-9,14-15,17,22H,10-11H2,1-2H3,(H2,19,20,23)/t14?,15-,17+/m1/s1. The molecule has 2 amide bonds. The van der Waals surface area contributed by atoms with Gasteiger partial charge in [-0.25, -0.2) is 4.79 Å². The summed E-state index contributed by atoms with van der Waals surface area (Å²) >= 11 is 0. The van der Waals surface area contributed by atoms with E-state index in [0.29, 0.717) is 13.0 Å². The van der Waals surface area contributed by atoms with E-state index in [4.69, 9.17) is 4.42 Å². The molecule has 0 bridgehead atoms. The summed E-state index contributed by atoms with van der Waals surface area (Å²) in [6, 6.07) is 10.8. The second-order valence-electron chi connectivity index (χ2n) is 6.30. The minimum Gasteiger partial charge on any atom is -0.468 e. The number of furan rings is 1. The molecule has 1 aromatic carbocycles. The Morgan fingerprint density at radius 1 is 1.33 bits per heavy atom. The summed E-state index contributed by atoms with van der Waals surface area (Å²) in [5.41, 5.74) is 2.06. The van der Waals surface area contributed by atoms with E-state index in [1.807, 2.05) is 55.4 Å². The van der Waals surface area contributed by atoms with Crippen LogP contribution in [0.4, 0.5) is 4.79 Å². The van der Waals surface area contributed by atoms with Crippen LogP contribution < -0.4 is 10.6 Å². The monoisotopic (exact) mass is 329 g/mol. The second kappa shape index (κ2) is 7.07. The fourth-order valence-electron chi connectivity index (χ4n) is 3.15. The van der Waals surface area contributed by atoms with Gasteiger partial charge in [-0.1, -0.05) is 24.3 Å². The number of nitrogens with zero attached hydrogens (tertiary/aromatic N) is 1. The molecule has 1 heterocycles. The van der Waals surface area contributed by atoms with Crippen molar-refractivity contribution in [3.05, 3.63) is 59.5 Å². The second-order valence-corrected chi connectivity index (χ2v) is 6.30. The molecular weight excluding hydrogens is 306 g/mol. The number of likely N-dealkylation sites (N-methyl/N-ethyl adjacent to an activating group) is 1. The van der Waals surface area contributed by atoms with E-state index in [-0.39, 0.29) is 18.1 Å². The number of benzene rings is 1. The lowest BCUT2D eigenvalue weighted by atomic mass is 10.1. The zero-order valence-electron chi connectivity index (χ0n) is 13.9. The maximum atomic E-state index is 12.3. The number of fused-ring (bicyclic) bond motifs is 1. The third-order valence-corrected chi connectivity index (χ3v) is 4.44. The predicted molar refractivity (Wildman–Crippen MR) is 90.6 cm³/mol. The number of aliphatic hydroxyl groups is 1. The highest BCUT2D eigenvalue weighted by Crippen LogP contribution is 2.31. The van der Waals surface area contributed by atoms with Gasteiger partial charge in [0.15, 0.2) is 0 Å². The average molecular weight is 329 g/mol. The highest BCUT2D eigenvalue weighted by molar-refractivity contribution is 5.74. The minimum absolute atomic E-state index is 0.0495. The number of carbonyl (C=O) groups is 1. The van der Waals surface area contributed by atoms with Gasteiger partial charge in [-0.05, 0) is 37.4 Å². The molecule has 128 valence electrons. The van der Waals surface area contributed by atoms with Gasteiger partial charge >= 0.3 is 6.03 Å². The van der Waals surface area contributed by atoms with E-state index in [1.165, 1.54) is 0 Å². The lowest BCUT2D eigenvalue weighted by molar-refractivity contribution is 0.141. The number of aliphatic hydroxyl groups excluding tert-OH is 1. The van der Waals surface area contributed by atoms with E-state index in [2.05, 4.69) is 10.6 Å². The van der Waals surface area contributed by atoms with Crippen LogP contribution >= 0.6 is 0 Å². The van der Waals surface area contributed by atoms with Crippen LogP contribution in [0.1, 0.15) is 29.0 Å². The average Bonchev–Trinajstić information content (AvgIpc) is 3.16. The Labute approximate surface area is 141 Å². The molecule has 0 fully saturated rings. The van der Waals surface area contributed by atoms with Gasteiger partial charge in [-0.2, -0.15) is 0 Å². The molecule has 1 aliphatic carbocycles. The highest BCUT2D eigenvalue weighted by atomic mass is 16.3. The Balaban J connectivity index is 1.60. The van der Waals surface area contributed by atoms with Gasteiger partial charge < -0.3 is 20.2 Å². The summed E-state index contributed by atoms with van der Waals surface area (Å²) in [6.07, 6.45) is 1.59. The van der Waals surface area contributed by atoms with Gasteiger partial charge in [0, 0.05) is 13.0 Å². The third kappa shape index (κ3) is 3.44. The smallest absolute Gasteiger partial charge is 0.315 e. The van der Waals surface area contributed by atoms with Gasteiger partial charge in [0.05, 0.1) is 24.5 Å². The largest absolute Gasteiger partial charge is 0.468 e. The summed E-state index contributed by atoms with van der Waals surface area (Å²) in [7, 11) is 3.87. The van der Waals surface area contributed by atoms with Crippen molar-refractivity contribution >= 4 is 6.03 Å². The number of nitrogens with one attached hydrogen (secondary N) is 2. The first-order valence-electron chi connectivity index (χ1n) is 8.06. The van der Waals surface area contributed by atoms with Gasteiger partial charge in [-0.3, -0.25) is 4.90 Å². The van der Waals surface area contributed by atoms with Gasteiger partial charge in [0.1, 0.15) is 5.76 Å². The van der Waals surface area contributed by atoms with Crippen LogP contribution in [-0.2, 0) is 6.42 Å². The van der Waals surface area contributed by atoms with E-state index >= 15 is 0 Å². The number of hydrogen-bond acceptors (Lipinski definition) is 4. The number of carbonyl (C=O) groups excluding carboxylic acids is 1. The van der Waals surface area contributed by atoms with Crippen molar-refractivity contribution in [3.63, 3.8) is 0 Å². The molecule has 6 nitrogen and oxygen atoms in total. The summed E-state index contributed by atoms with van der Waals surface area (Å²) in [6.45, 7) is 0.414. The molecule has 0 saturated carbocycles. The van der Waals surface area contributed by atoms with Crippen molar-refractivity contribution in [1.29, 1.82) is 0 Å². The highest BCUT2D eigenvalue weighted by Gasteiger charge is 2.32. The first-order chi connectivity index (χ1) is 11.6. The van der Waals surface area contributed by atoms with E-state index in [9.17, 15) is 9.90 Å². The van der Waals surface area contributed by atoms with Crippen molar-refractivity contribution in [3.8, 4) is 0 Å². The Morgan fingerprint density at radius 2 is 2.12 bits per heavy atom. The van der Waals surface area contributed by atoms with Gasteiger partial charge in [0.2, 0.25) is 0 Å². The van der Waals surface area contributed by atoms with Crippen molar-refractivity contribution in [2.75, 3.05) is 20.6 Å². The van der Waals surface area contributed by atoms with Crippen LogP contribution in [0.3, 0.4) is 0 Å². The lowest BCUT2D eigenvalue weighted by Gasteiger charge is -2.24. The molecule has 0 spiro atoms. The summed E-state index contributed by atoms with van der Waals surface area (Å²) in [4.78, 5) is 14.3. The minimum atomic E-state index is -0.595. The summed E-state index contributed by atoms with van der Waals surface area (Å²) in [5, 5.41) is 16.0. The molecule has 3 rings (SSSR count). The van der Waals surface area contributed by atoms with Crippen molar-refractivity contribution in [2.45, 2.75) is 24.6 Å². The molecule has 0 aliphatic heterocycles. The third-order valence-electron chi connectivity index (χ3n) is 4.44. The molecule has 3 atom stereocenters. The molecule has 2 aromatic rings. The van der Waals surface area contributed by atoms with Crippen LogP contribution in [0.15, 0.2) is 47.1 Å². The van der Waals surface area contributed by atoms with Crippen molar-refractivity contribution in [1.82, 2.24) is 15.5 Å². The fourth-order valence-corrected chi connectivity index (χ4v) is 3.15. The molecule has 6 heteroatoms. The maximum Gasteiger partial charge on any atom is 0.315 e. The Kier molecular flexibility index (Phi) is 4.87. The summed E-state index contributed by atoms with van der Waals surface area (Å²) < 4.78 is 5.43. The number of hydrogen-bond donors (Lipinski definition) is 3. The van der Waals surface area contributed by atoms with Gasteiger partial charge in [-0.15, -0.1) is 0 Å². The van der Waals surface area contributed by atoms with Crippen LogP contribution in [0.25, 0.3) is 0 Å². The van der Waals surface area contributed by atoms with Crippen LogP contribution in [0.2, 0.25) is 0 Å². The molecule has 0 saturated heterocycles. The molecule has 24 heavy (non-hydrogen) atoms. The summed E-state index contributed by atoms with van der Waals surface area (Å²) in [5.74, 6) is 0.798. The topological polar surface area (TPSA) is 77.7 Å². The van der Waals surface area contributed by atoms with E-state index in [1.54, 1.807) is 6.26 Å². The van der Waals surface area contributed by atoms with Crippen LogP contribution in [0, 0.1) is 0 Å². The zero-order valence-corrected chi connectivity index (χ0v) is 13.9. The number of rotatable bonds is 5. The fraction of sp³-hybridized carbons (Fsp3) is 0.389. The lowest BCUT2D eigenvalue weighted by Crippen LogP contribution is -2.43. The molecule has 1 aliphatic rings. The normalized spacial score (nSPS) is 20.7. The molecular formula is C18H23N3O3. The number of amides is 2. The quantitative estimate of drug-likeness (QED) is 0.782. The van der Waals surface area contributed by atoms with E-state index in [0.717, 1.165) is 16.9 Å². The molecule has 3 N–H and O–H groups in total. The van der Waals surface area contributed by atoms with Crippen LogP contribution in [-0.4, -0.2) is 42.8 Å². The number of urea groups is 1. The Morgan fingerprint density at radius 3 is 2.83 bits per heavy atom.